The molecule has 3 aromatic heterocycles. The van der Waals surface area contributed by atoms with Crippen LogP contribution in [-0.2, 0) is 22.6 Å². The van der Waals surface area contributed by atoms with Crippen molar-refractivity contribution in [1.29, 1.82) is 0 Å². The van der Waals surface area contributed by atoms with Crippen molar-refractivity contribution in [3.8, 4) is 0 Å². The number of nitrogens with one attached hydrogen (secondary N) is 3. The van der Waals surface area contributed by atoms with Gasteiger partial charge in [0.05, 0.1) is 40.1 Å². The molecule has 0 aliphatic carbocycles. The second kappa shape index (κ2) is 16.0. The number of likely N-dealkylation sites (tertiary alicyclic amines) is 1. The molecule has 5 aliphatic rings. The third-order valence-electron chi connectivity index (χ3n) is 12.5. The minimum atomic E-state index is -0.978. The molecule has 1 unspecified atom stereocenters. The number of H-pyrrole nitrogens is 1. The first-order chi connectivity index (χ1) is 28.6. The number of aromatic amines is 1. The molecule has 306 valence electrons. The van der Waals surface area contributed by atoms with E-state index < -0.39 is 29.7 Å². The van der Waals surface area contributed by atoms with Gasteiger partial charge in [0.2, 0.25) is 11.8 Å². The molecule has 0 bridgehead atoms. The van der Waals surface area contributed by atoms with Crippen LogP contribution < -0.4 is 26.0 Å². The fraction of sp³-hybridized carbons (Fsp3) is 0.442. The molecule has 4 aromatic rings. The number of aryl methyl sites for hydroxylation is 1. The number of hydrogen-bond acceptors (Lipinski definition) is 12. The number of fused-ring (bicyclic) bond motifs is 2. The van der Waals surface area contributed by atoms with E-state index in [4.69, 9.17) is 0 Å². The summed E-state index contributed by atoms with van der Waals surface area (Å²) in [7, 11) is 0. The second-order valence-electron chi connectivity index (χ2n) is 16.4. The van der Waals surface area contributed by atoms with Crippen molar-refractivity contribution in [2.75, 3.05) is 68.7 Å². The maximum Gasteiger partial charge on any atom is 0.270 e. The van der Waals surface area contributed by atoms with Crippen LogP contribution >= 0.6 is 0 Å². The number of aromatic nitrogens is 3. The highest BCUT2D eigenvalue weighted by molar-refractivity contribution is 6.23. The van der Waals surface area contributed by atoms with E-state index in [9.17, 15) is 28.8 Å². The molecule has 4 fully saturated rings. The first kappa shape index (κ1) is 38.5. The highest BCUT2D eigenvalue weighted by Gasteiger charge is 2.45. The van der Waals surface area contributed by atoms with Gasteiger partial charge in [-0.2, -0.15) is 0 Å². The van der Waals surface area contributed by atoms with E-state index in [-0.39, 0.29) is 35.9 Å². The summed E-state index contributed by atoms with van der Waals surface area (Å²) < 4.78 is 0. The smallest absolute Gasteiger partial charge is 0.270 e. The van der Waals surface area contributed by atoms with Gasteiger partial charge in [-0.15, -0.1) is 0 Å². The zero-order chi connectivity index (χ0) is 40.8. The highest BCUT2D eigenvalue weighted by Crippen LogP contribution is 2.33. The van der Waals surface area contributed by atoms with Gasteiger partial charge in [-0.05, 0) is 79.6 Å². The molecule has 5 amide bonds. The number of carbonyl (C=O) groups is 5. The summed E-state index contributed by atoms with van der Waals surface area (Å²) in [4.78, 5) is 98.1. The van der Waals surface area contributed by atoms with Crippen molar-refractivity contribution in [1.82, 2.24) is 40.3 Å². The van der Waals surface area contributed by atoms with Crippen molar-refractivity contribution < 1.29 is 24.0 Å². The molecule has 0 saturated carbocycles. The highest BCUT2D eigenvalue weighted by atomic mass is 16.2. The van der Waals surface area contributed by atoms with E-state index in [0.29, 0.717) is 23.6 Å². The van der Waals surface area contributed by atoms with Crippen molar-refractivity contribution in [3.63, 3.8) is 0 Å². The molecule has 0 radical (unpaired) electrons. The number of amides is 5. The minimum absolute atomic E-state index is 0.0534. The van der Waals surface area contributed by atoms with Crippen LogP contribution in [0.1, 0.15) is 74.9 Å². The molecule has 9 rings (SSSR count). The van der Waals surface area contributed by atoms with Crippen LogP contribution in [0.5, 0.6) is 0 Å². The Morgan fingerprint density at radius 1 is 0.797 bits per heavy atom. The molecule has 16 heteroatoms. The quantitative estimate of drug-likeness (QED) is 0.199. The van der Waals surface area contributed by atoms with E-state index in [0.717, 1.165) is 117 Å². The van der Waals surface area contributed by atoms with Crippen LogP contribution in [0.3, 0.4) is 0 Å². The maximum atomic E-state index is 13.3. The molecule has 1 atom stereocenters. The van der Waals surface area contributed by atoms with Crippen LogP contribution in [0.15, 0.2) is 59.7 Å². The summed E-state index contributed by atoms with van der Waals surface area (Å²) in [5, 5.41) is 5.38. The molecular formula is C43H48N10O6. The van der Waals surface area contributed by atoms with Gasteiger partial charge in [0.15, 0.2) is 0 Å². The standard InChI is InChI=1S/C43H48N10O6/c1-2-28-18-35-36(47-39(28)55)17-27(20-44-35)23-49-13-15-52(16-14-49)31-4-6-34(45-21-31)40(56)46-29-24-50(25-29)22-26-9-11-51(12-10-26)30-3-5-32-33(19-30)43(59)53(42(32)58)37-7-8-38(54)48-41(37)57/h3-6,17-21,26,29,37H,2,7-16,22-25H2,1H3,(H,46,56)(H,47,55)(H,48,54,57). The van der Waals surface area contributed by atoms with Gasteiger partial charge >= 0.3 is 0 Å². The molecule has 5 aliphatic heterocycles. The first-order valence-electron chi connectivity index (χ1n) is 20.7. The molecule has 8 heterocycles. The monoisotopic (exact) mass is 800 g/mol. The van der Waals surface area contributed by atoms with Gasteiger partial charge in [-0.3, -0.25) is 53.8 Å². The summed E-state index contributed by atoms with van der Waals surface area (Å²) in [6.07, 6.45) is 6.54. The molecule has 0 spiro atoms. The van der Waals surface area contributed by atoms with Gasteiger partial charge < -0.3 is 20.1 Å². The number of benzene rings is 1. The number of hydrogen-bond donors (Lipinski definition) is 3. The van der Waals surface area contributed by atoms with Crippen LogP contribution in [0.25, 0.3) is 11.0 Å². The number of nitrogens with zero attached hydrogens (tertiary/aromatic N) is 7. The summed E-state index contributed by atoms with van der Waals surface area (Å²) in [6.45, 7) is 10.3. The normalized spacial score (nSPS) is 20.9. The predicted octanol–water partition coefficient (Wildman–Crippen LogP) is 1.93. The van der Waals surface area contributed by atoms with E-state index in [2.05, 4.69) is 45.2 Å². The van der Waals surface area contributed by atoms with E-state index >= 15 is 0 Å². The van der Waals surface area contributed by atoms with Crippen molar-refractivity contribution >= 4 is 51.9 Å². The Balaban J connectivity index is 0.693. The Hall–Kier alpha value is -6.00. The first-order valence-corrected chi connectivity index (χ1v) is 20.7. The third-order valence-corrected chi connectivity index (χ3v) is 12.5. The van der Waals surface area contributed by atoms with E-state index in [1.54, 1.807) is 24.4 Å². The fourth-order valence-electron chi connectivity index (χ4n) is 9.11. The minimum Gasteiger partial charge on any atom is -0.371 e. The van der Waals surface area contributed by atoms with E-state index in [1.165, 1.54) is 0 Å². The zero-order valence-corrected chi connectivity index (χ0v) is 33.1. The van der Waals surface area contributed by atoms with Crippen molar-refractivity contribution in [3.05, 3.63) is 93.2 Å². The maximum absolute atomic E-state index is 13.3. The Kier molecular flexibility index (Phi) is 10.4. The van der Waals surface area contributed by atoms with E-state index in [1.807, 2.05) is 37.4 Å². The Labute approximate surface area is 340 Å². The van der Waals surface area contributed by atoms with Gasteiger partial charge in [0, 0.05) is 89.3 Å². The summed E-state index contributed by atoms with van der Waals surface area (Å²) >= 11 is 0. The number of rotatable bonds is 10. The molecular weight excluding hydrogens is 753 g/mol. The number of pyridine rings is 3. The predicted molar refractivity (Wildman–Crippen MR) is 219 cm³/mol. The number of piperidine rings is 2. The third kappa shape index (κ3) is 7.81. The lowest BCUT2D eigenvalue weighted by atomic mass is 9.93. The largest absolute Gasteiger partial charge is 0.371 e. The molecule has 1 aromatic carbocycles. The zero-order valence-electron chi connectivity index (χ0n) is 33.1. The average molecular weight is 801 g/mol. The SMILES string of the molecule is CCc1cc2ncc(CN3CCN(c4ccc(C(=O)NC5CN(CC6CCN(c7ccc8c(c7)C(=O)N(C7CCC(=O)NC7=O)C8=O)CC6)C5)nc4)CC3)cc2[nH]c1=O. The second-order valence-corrected chi connectivity index (χ2v) is 16.4. The molecule has 4 saturated heterocycles. The van der Waals surface area contributed by atoms with Gasteiger partial charge in [-0.1, -0.05) is 6.92 Å². The molecule has 59 heavy (non-hydrogen) atoms. The Bertz CT molecular complexity index is 2380. The van der Waals surface area contributed by atoms with Crippen LogP contribution in [0.2, 0.25) is 0 Å². The molecule has 3 N–H and O–H groups in total. The topological polar surface area (TPSA) is 184 Å². The van der Waals surface area contributed by atoms with Crippen LogP contribution in [0.4, 0.5) is 11.4 Å². The van der Waals surface area contributed by atoms with Crippen molar-refractivity contribution in [2.45, 2.75) is 57.7 Å². The Morgan fingerprint density at radius 3 is 2.27 bits per heavy atom. The van der Waals surface area contributed by atoms with Crippen LogP contribution in [0, 0.1) is 5.92 Å². The summed E-state index contributed by atoms with van der Waals surface area (Å²) in [6, 6.07) is 12.1. The number of anilines is 2. The fourth-order valence-corrected chi connectivity index (χ4v) is 9.11. The number of carbonyl (C=O) groups excluding carboxylic acids is 5. The number of imide groups is 2. The lowest BCUT2D eigenvalue weighted by Gasteiger charge is -2.43. The lowest BCUT2D eigenvalue weighted by Crippen LogP contribution is -2.60. The van der Waals surface area contributed by atoms with Gasteiger partial charge in [-0.25, -0.2) is 4.98 Å². The van der Waals surface area contributed by atoms with Gasteiger partial charge in [0.25, 0.3) is 23.3 Å². The van der Waals surface area contributed by atoms with Crippen LogP contribution in [-0.4, -0.2) is 130 Å². The average Bonchev–Trinajstić information content (AvgIpc) is 3.48. The lowest BCUT2D eigenvalue weighted by molar-refractivity contribution is -0.136. The Morgan fingerprint density at radius 2 is 1.54 bits per heavy atom. The summed E-state index contributed by atoms with van der Waals surface area (Å²) in [5.74, 6) is -1.65. The molecule has 16 nitrogen and oxygen atoms in total. The van der Waals surface area contributed by atoms with Gasteiger partial charge in [0.1, 0.15) is 11.7 Å². The summed E-state index contributed by atoms with van der Waals surface area (Å²) in [5.41, 5.74) is 6.19. The number of piperazine rings is 1. The van der Waals surface area contributed by atoms with Crippen molar-refractivity contribution in [2.24, 2.45) is 5.92 Å².